The minimum atomic E-state index is -5.25. The van der Waals surface area contributed by atoms with Crippen LogP contribution < -0.4 is 9.80 Å². The molecule has 0 atom stereocenters. The zero-order chi connectivity index (χ0) is 36.8. The van der Waals surface area contributed by atoms with Crippen LogP contribution in [0.25, 0.3) is 22.5 Å². The SMILES string of the molecule is Cc1cc(C(F)(F)F)c2cc1-c1cc(N(C)C)cc(n1)C(C)(C)c1cc(c(C(F)(F)F)cc1C(F)(F)F)-c1cc(N(C)C)cc(n1)C2(C)C. The van der Waals surface area contributed by atoms with Crippen molar-refractivity contribution >= 4 is 11.4 Å². The van der Waals surface area contributed by atoms with Gasteiger partial charge in [0.1, 0.15) is 0 Å². The van der Waals surface area contributed by atoms with Crippen LogP contribution in [-0.4, -0.2) is 38.2 Å². The third kappa shape index (κ3) is 6.32. The van der Waals surface area contributed by atoms with Crippen LogP contribution in [0, 0.1) is 6.92 Å². The first kappa shape index (κ1) is 36.0. The molecule has 0 amide bonds. The summed E-state index contributed by atoms with van der Waals surface area (Å²) in [6, 6.07) is 9.20. The number of pyridine rings is 2. The molecular formula is C36H35F9N4. The summed E-state index contributed by atoms with van der Waals surface area (Å²) in [7, 11) is 6.54. The Bertz CT molecular complexity index is 1950. The lowest BCUT2D eigenvalue weighted by atomic mass is 9.75. The van der Waals surface area contributed by atoms with Gasteiger partial charge in [0.15, 0.2) is 0 Å². The van der Waals surface area contributed by atoms with Gasteiger partial charge in [-0.15, -0.1) is 0 Å². The molecule has 1 aliphatic heterocycles. The summed E-state index contributed by atoms with van der Waals surface area (Å²) in [5.41, 5.74) is -7.42. The molecule has 0 fully saturated rings. The molecule has 0 radical (unpaired) electrons. The summed E-state index contributed by atoms with van der Waals surface area (Å²) in [6.45, 7) is 7.31. The first-order valence-corrected chi connectivity index (χ1v) is 15.2. The summed E-state index contributed by atoms with van der Waals surface area (Å²) in [6.07, 6.45) is -15.3. The smallest absolute Gasteiger partial charge is 0.378 e. The van der Waals surface area contributed by atoms with E-state index >= 15 is 0 Å². The van der Waals surface area contributed by atoms with E-state index in [9.17, 15) is 39.5 Å². The molecule has 0 spiro atoms. The van der Waals surface area contributed by atoms with E-state index in [4.69, 9.17) is 4.98 Å². The molecule has 8 bridgehead atoms. The van der Waals surface area contributed by atoms with Gasteiger partial charge in [0.2, 0.25) is 0 Å². The second-order valence-electron chi connectivity index (χ2n) is 13.9. The molecule has 2 aromatic carbocycles. The van der Waals surface area contributed by atoms with Crippen LogP contribution in [0.1, 0.15) is 72.5 Å². The van der Waals surface area contributed by atoms with Crippen LogP contribution in [0.5, 0.6) is 0 Å². The summed E-state index contributed by atoms with van der Waals surface area (Å²) < 4.78 is 133. The lowest BCUT2D eigenvalue weighted by molar-refractivity contribution is -0.143. The highest BCUT2D eigenvalue weighted by Crippen LogP contribution is 2.49. The van der Waals surface area contributed by atoms with Crippen LogP contribution in [0.4, 0.5) is 50.9 Å². The molecule has 4 nitrogen and oxygen atoms in total. The largest absolute Gasteiger partial charge is 0.417 e. The van der Waals surface area contributed by atoms with Crippen molar-refractivity contribution in [2.24, 2.45) is 0 Å². The predicted octanol–water partition coefficient (Wildman–Crippen LogP) is 10.3. The number of nitrogens with zero attached hydrogens (tertiary/aromatic N) is 4. The van der Waals surface area contributed by atoms with E-state index < -0.39 is 57.2 Å². The van der Waals surface area contributed by atoms with E-state index in [0.717, 1.165) is 12.1 Å². The standard InChI is InChI=1S/C36H35F9N4/c1-18-10-26(35(40,41)42)24-15-21(18)28-11-19(48(6)7)13-30(46-28)33(4,5)25-16-22(23(34(37,38)39)17-27(25)36(43,44)45)29-12-20(49(8)9)14-31(47-29)32(24,2)3/h10-17H,1-9H3. The first-order valence-electron chi connectivity index (χ1n) is 15.2. The summed E-state index contributed by atoms with van der Waals surface area (Å²) in [4.78, 5) is 12.4. The van der Waals surface area contributed by atoms with Crippen molar-refractivity contribution in [3.63, 3.8) is 0 Å². The third-order valence-corrected chi connectivity index (χ3v) is 9.27. The number of hydrogen-bond acceptors (Lipinski definition) is 4. The van der Waals surface area contributed by atoms with Gasteiger partial charge in [-0.3, -0.25) is 9.97 Å². The Morgan fingerprint density at radius 3 is 1.24 bits per heavy atom. The van der Waals surface area contributed by atoms with Gasteiger partial charge in [0.05, 0.1) is 39.5 Å². The van der Waals surface area contributed by atoms with E-state index in [1.165, 1.54) is 58.9 Å². The number of aromatic nitrogens is 2. The third-order valence-electron chi connectivity index (χ3n) is 9.27. The van der Waals surface area contributed by atoms with E-state index in [2.05, 4.69) is 4.98 Å². The minimum absolute atomic E-state index is 0.0180. The van der Waals surface area contributed by atoms with Gasteiger partial charge in [-0.25, -0.2) is 0 Å². The average molecular weight is 695 g/mol. The van der Waals surface area contributed by atoms with Gasteiger partial charge in [0, 0.05) is 61.5 Å². The summed E-state index contributed by atoms with van der Waals surface area (Å²) in [5.74, 6) is 0. The number of benzene rings is 2. The Hall–Kier alpha value is -4.29. The van der Waals surface area contributed by atoms with E-state index in [0.29, 0.717) is 11.3 Å². The van der Waals surface area contributed by atoms with Crippen LogP contribution in [0.3, 0.4) is 0 Å². The van der Waals surface area contributed by atoms with Crippen LogP contribution in [0.15, 0.2) is 48.5 Å². The number of fused-ring (bicyclic) bond motifs is 10. The maximum Gasteiger partial charge on any atom is 0.417 e. The van der Waals surface area contributed by atoms with Crippen molar-refractivity contribution < 1.29 is 39.5 Å². The lowest BCUT2D eigenvalue weighted by Gasteiger charge is -2.33. The molecule has 13 heteroatoms. The molecule has 4 aromatic rings. The molecule has 1 aliphatic rings. The molecule has 5 rings (SSSR count). The number of halogens is 9. The van der Waals surface area contributed by atoms with Crippen molar-refractivity contribution in [2.45, 2.75) is 64.0 Å². The zero-order valence-corrected chi connectivity index (χ0v) is 28.3. The number of rotatable bonds is 2. The van der Waals surface area contributed by atoms with Gasteiger partial charge < -0.3 is 9.80 Å². The molecule has 0 unspecified atom stereocenters. The number of aryl methyl sites for hydroxylation is 1. The molecule has 0 N–H and O–H groups in total. The van der Waals surface area contributed by atoms with Gasteiger partial charge in [-0.05, 0) is 72.1 Å². The fourth-order valence-corrected chi connectivity index (χ4v) is 6.27. The first-order chi connectivity index (χ1) is 22.2. The summed E-state index contributed by atoms with van der Waals surface area (Å²) >= 11 is 0. The van der Waals surface area contributed by atoms with Gasteiger partial charge in [-0.1, -0.05) is 27.7 Å². The van der Waals surface area contributed by atoms with Crippen LogP contribution >= 0.6 is 0 Å². The lowest BCUT2D eigenvalue weighted by Crippen LogP contribution is -2.28. The molecular weight excluding hydrogens is 659 g/mol. The van der Waals surface area contributed by atoms with Gasteiger partial charge >= 0.3 is 18.5 Å². The van der Waals surface area contributed by atoms with Gasteiger partial charge in [-0.2, -0.15) is 39.5 Å². The Morgan fingerprint density at radius 1 is 0.490 bits per heavy atom. The Balaban J connectivity index is 2.09. The maximum absolute atomic E-state index is 14.8. The highest BCUT2D eigenvalue weighted by molar-refractivity contribution is 5.75. The molecule has 0 saturated heterocycles. The van der Waals surface area contributed by atoms with E-state index in [1.807, 2.05) is 0 Å². The Morgan fingerprint density at radius 2 is 0.857 bits per heavy atom. The fourth-order valence-electron chi connectivity index (χ4n) is 6.27. The van der Waals surface area contributed by atoms with Gasteiger partial charge in [0.25, 0.3) is 0 Å². The molecule has 2 aromatic heterocycles. The number of anilines is 2. The second kappa shape index (κ2) is 11.4. The second-order valence-corrected chi connectivity index (χ2v) is 13.9. The highest BCUT2D eigenvalue weighted by Gasteiger charge is 2.45. The van der Waals surface area contributed by atoms with Crippen LogP contribution in [-0.2, 0) is 29.4 Å². The molecule has 3 heterocycles. The Labute approximate surface area is 278 Å². The van der Waals surface area contributed by atoms with Crippen molar-refractivity contribution in [3.05, 3.63) is 93.3 Å². The molecule has 0 aliphatic carbocycles. The monoisotopic (exact) mass is 694 g/mol. The molecule has 0 saturated carbocycles. The van der Waals surface area contributed by atoms with Crippen LogP contribution in [0.2, 0.25) is 0 Å². The van der Waals surface area contributed by atoms with E-state index in [1.54, 1.807) is 44.1 Å². The average Bonchev–Trinajstić information content (AvgIpc) is 2.97. The Kier molecular flexibility index (Phi) is 8.36. The van der Waals surface area contributed by atoms with Crippen molar-refractivity contribution in [2.75, 3.05) is 38.0 Å². The van der Waals surface area contributed by atoms with Crippen molar-refractivity contribution in [1.82, 2.24) is 9.97 Å². The number of alkyl halides is 9. The molecule has 49 heavy (non-hydrogen) atoms. The predicted molar refractivity (Wildman–Crippen MR) is 172 cm³/mol. The maximum atomic E-state index is 14.8. The van der Waals surface area contributed by atoms with E-state index in [-0.39, 0.29) is 45.7 Å². The zero-order valence-electron chi connectivity index (χ0n) is 28.3. The normalized spacial score (nSPS) is 15.5. The topological polar surface area (TPSA) is 32.3 Å². The van der Waals surface area contributed by atoms with Crippen molar-refractivity contribution in [3.8, 4) is 22.5 Å². The number of hydrogen-bond donors (Lipinski definition) is 0. The quantitative estimate of drug-likeness (QED) is 0.196. The highest BCUT2D eigenvalue weighted by atomic mass is 19.4. The molecule has 262 valence electrons. The fraction of sp³-hybridized carbons (Fsp3) is 0.389. The minimum Gasteiger partial charge on any atom is -0.378 e. The van der Waals surface area contributed by atoms with Crippen molar-refractivity contribution in [1.29, 1.82) is 0 Å². The summed E-state index contributed by atoms with van der Waals surface area (Å²) in [5, 5.41) is 0.